The van der Waals surface area contributed by atoms with Crippen molar-refractivity contribution in [2.45, 2.75) is 33.6 Å². The van der Waals surface area contributed by atoms with E-state index in [-0.39, 0.29) is 12.6 Å². The van der Waals surface area contributed by atoms with Gasteiger partial charge in [-0.05, 0) is 27.2 Å². The first-order valence-corrected chi connectivity index (χ1v) is 7.82. The number of aliphatic carboxylic acids is 1. The van der Waals surface area contributed by atoms with Gasteiger partial charge in [-0.15, -0.1) is 11.3 Å². The predicted molar refractivity (Wildman–Crippen MR) is 80.6 cm³/mol. The summed E-state index contributed by atoms with van der Waals surface area (Å²) in [7, 11) is 0. The van der Waals surface area contributed by atoms with Crippen LogP contribution in [-0.4, -0.2) is 46.6 Å². The lowest BCUT2D eigenvalue weighted by atomic mass is 9.90. The van der Waals surface area contributed by atoms with Crippen LogP contribution >= 0.6 is 11.3 Å². The summed E-state index contributed by atoms with van der Waals surface area (Å²) in [5.74, 6) is -0.839. The van der Waals surface area contributed by atoms with Crippen LogP contribution in [0.5, 0.6) is 0 Å². The van der Waals surface area contributed by atoms with Gasteiger partial charge in [0.15, 0.2) is 0 Å². The molecule has 0 bridgehead atoms. The van der Waals surface area contributed by atoms with E-state index in [2.05, 4.69) is 10.3 Å². The van der Waals surface area contributed by atoms with Crippen molar-refractivity contribution in [2.75, 3.05) is 19.6 Å². The Balaban J connectivity index is 1.81. The lowest BCUT2D eigenvalue weighted by molar-refractivity contribution is -0.146. The van der Waals surface area contributed by atoms with Gasteiger partial charge in [0, 0.05) is 30.9 Å². The fourth-order valence-electron chi connectivity index (χ4n) is 2.51. The Labute approximate surface area is 128 Å². The fourth-order valence-corrected chi connectivity index (χ4v) is 3.45. The molecule has 1 aliphatic rings. The maximum absolute atomic E-state index is 12.0. The Bertz CT molecular complexity index is 558. The van der Waals surface area contributed by atoms with Crippen LogP contribution in [0.25, 0.3) is 0 Å². The van der Waals surface area contributed by atoms with E-state index in [9.17, 15) is 9.59 Å². The predicted octanol–water partition coefficient (Wildman–Crippen LogP) is 1.81. The van der Waals surface area contributed by atoms with E-state index in [0.29, 0.717) is 19.5 Å². The van der Waals surface area contributed by atoms with E-state index in [4.69, 9.17) is 5.11 Å². The van der Waals surface area contributed by atoms with Crippen molar-refractivity contribution in [3.8, 4) is 0 Å². The molecule has 0 saturated carbocycles. The van der Waals surface area contributed by atoms with Gasteiger partial charge in [0.1, 0.15) is 0 Å². The molecule has 2 heterocycles. The number of nitrogens with one attached hydrogen (secondary N) is 1. The number of carbonyl (C=O) groups is 2. The summed E-state index contributed by atoms with van der Waals surface area (Å²) in [4.78, 5) is 30.3. The Hall–Kier alpha value is -1.63. The normalized spacial score (nSPS) is 21.6. The largest absolute Gasteiger partial charge is 0.481 e. The fraction of sp³-hybridized carbons (Fsp3) is 0.643. The highest BCUT2D eigenvalue weighted by atomic mass is 32.1. The van der Waals surface area contributed by atoms with E-state index in [1.54, 1.807) is 23.2 Å². The smallest absolute Gasteiger partial charge is 0.317 e. The topological polar surface area (TPSA) is 82.5 Å². The summed E-state index contributed by atoms with van der Waals surface area (Å²) in [5.41, 5.74) is 0.203. The second-order valence-corrected chi connectivity index (χ2v) is 7.05. The van der Waals surface area contributed by atoms with Gasteiger partial charge in [0.25, 0.3) is 0 Å². The first kappa shape index (κ1) is 15.8. The minimum atomic E-state index is -0.839. The van der Waals surface area contributed by atoms with Gasteiger partial charge in [0.05, 0.1) is 16.1 Å². The molecule has 116 valence electrons. The summed E-state index contributed by atoms with van der Waals surface area (Å²) in [6.45, 7) is 6.93. The van der Waals surface area contributed by atoms with E-state index >= 15 is 0 Å². The Morgan fingerprint density at radius 1 is 1.48 bits per heavy atom. The molecule has 1 saturated heterocycles. The third-order valence-electron chi connectivity index (χ3n) is 3.90. The number of aryl methyl sites for hydroxylation is 2. The van der Waals surface area contributed by atoms with Crippen LogP contribution in [0.2, 0.25) is 0 Å². The highest BCUT2D eigenvalue weighted by Crippen LogP contribution is 2.29. The molecule has 1 fully saturated rings. The van der Waals surface area contributed by atoms with Gasteiger partial charge in [-0.25, -0.2) is 9.78 Å². The molecule has 6 nitrogen and oxygen atoms in total. The number of urea groups is 1. The van der Waals surface area contributed by atoms with Gasteiger partial charge < -0.3 is 15.3 Å². The summed E-state index contributed by atoms with van der Waals surface area (Å²) in [6, 6.07) is -0.182. The van der Waals surface area contributed by atoms with Crippen LogP contribution in [0.15, 0.2) is 0 Å². The van der Waals surface area contributed by atoms with Gasteiger partial charge in [-0.2, -0.15) is 0 Å². The Morgan fingerprint density at radius 3 is 2.71 bits per heavy atom. The number of nitrogens with zero attached hydrogens (tertiary/aromatic N) is 2. The third kappa shape index (κ3) is 3.53. The van der Waals surface area contributed by atoms with Crippen molar-refractivity contribution in [1.82, 2.24) is 15.2 Å². The average Bonchev–Trinajstić information content (AvgIpc) is 2.94. The molecule has 2 amide bonds. The molecule has 7 heteroatoms. The maximum Gasteiger partial charge on any atom is 0.317 e. The molecule has 1 unspecified atom stereocenters. The number of hydrogen-bond donors (Lipinski definition) is 2. The second kappa shape index (κ2) is 6.01. The zero-order valence-corrected chi connectivity index (χ0v) is 13.4. The first-order chi connectivity index (χ1) is 9.82. The molecule has 1 atom stereocenters. The van der Waals surface area contributed by atoms with E-state index in [0.717, 1.165) is 17.1 Å². The van der Waals surface area contributed by atoms with Gasteiger partial charge in [-0.1, -0.05) is 0 Å². The molecule has 0 aliphatic carbocycles. The minimum Gasteiger partial charge on any atom is -0.481 e. The number of rotatable bonds is 4. The van der Waals surface area contributed by atoms with Crippen LogP contribution < -0.4 is 5.32 Å². The van der Waals surface area contributed by atoms with Crippen LogP contribution in [-0.2, 0) is 11.2 Å². The van der Waals surface area contributed by atoms with Crippen molar-refractivity contribution >= 4 is 23.3 Å². The Morgan fingerprint density at radius 2 is 2.19 bits per heavy atom. The monoisotopic (exact) mass is 311 g/mol. The molecule has 1 aliphatic heterocycles. The van der Waals surface area contributed by atoms with Crippen molar-refractivity contribution < 1.29 is 14.7 Å². The van der Waals surface area contributed by atoms with E-state index in [1.165, 1.54) is 4.88 Å². The summed E-state index contributed by atoms with van der Waals surface area (Å²) < 4.78 is 0. The number of carboxylic acid groups (broad SMARTS) is 1. The Kier molecular flexibility index (Phi) is 4.51. The van der Waals surface area contributed by atoms with Crippen LogP contribution in [0.3, 0.4) is 0 Å². The van der Waals surface area contributed by atoms with Crippen LogP contribution in [0.4, 0.5) is 4.79 Å². The van der Waals surface area contributed by atoms with E-state index in [1.807, 2.05) is 13.8 Å². The quantitative estimate of drug-likeness (QED) is 0.888. The number of aromatic nitrogens is 1. The number of thiazole rings is 1. The summed E-state index contributed by atoms with van der Waals surface area (Å²) in [5, 5.41) is 13.1. The van der Waals surface area contributed by atoms with Crippen LogP contribution in [0.1, 0.15) is 28.9 Å². The number of carbonyl (C=O) groups excluding carboxylic acids is 1. The molecular weight excluding hydrogens is 290 g/mol. The zero-order valence-electron chi connectivity index (χ0n) is 12.6. The standard InChI is InChI=1S/C14H21N3O3S/c1-9-11(21-10(2)16-9)4-6-15-13(20)17-7-5-14(3,8-17)12(18)19/h4-8H2,1-3H3,(H,15,20)(H,18,19). The van der Waals surface area contributed by atoms with Crippen molar-refractivity contribution in [3.05, 3.63) is 15.6 Å². The summed E-state index contributed by atoms with van der Waals surface area (Å²) in [6.07, 6.45) is 1.26. The second-order valence-electron chi connectivity index (χ2n) is 5.76. The third-order valence-corrected chi connectivity index (χ3v) is 5.04. The summed E-state index contributed by atoms with van der Waals surface area (Å²) >= 11 is 1.65. The molecule has 0 spiro atoms. The molecule has 0 radical (unpaired) electrons. The molecule has 2 rings (SSSR count). The number of hydrogen-bond acceptors (Lipinski definition) is 4. The van der Waals surface area contributed by atoms with Gasteiger partial charge >= 0.3 is 12.0 Å². The lowest BCUT2D eigenvalue weighted by Gasteiger charge is -2.20. The number of amides is 2. The highest BCUT2D eigenvalue weighted by molar-refractivity contribution is 7.11. The van der Waals surface area contributed by atoms with Gasteiger partial charge in [-0.3, -0.25) is 4.79 Å². The number of likely N-dealkylation sites (tertiary alicyclic amines) is 1. The number of carboxylic acids is 1. The lowest BCUT2D eigenvalue weighted by Crippen LogP contribution is -2.41. The zero-order chi connectivity index (χ0) is 15.6. The average molecular weight is 311 g/mol. The molecule has 1 aromatic rings. The molecule has 1 aromatic heterocycles. The highest BCUT2D eigenvalue weighted by Gasteiger charge is 2.42. The van der Waals surface area contributed by atoms with Crippen molar-refractivity contribution in [3.63, 3.8) is 0 Å². The SMILES string of the molecule is Cc1nc(C)c(CCNC(=O)N2CCC(C)(C(=O)O)C2)s1. The van der Waals surface area contributed by atoms with Crippen molar-refractivity contribution in [2.24, 2.45) is 5.41 Å². The molecular formula is C14H21N3O3S. The van der Waals surface area contributed by atoms with Crippen molar-refractivity contribution in [1.29, 1.82) is 0 Å². The maximum atomic E-state index is 12.0. The first-order valence-electron chi connectivity index (χ1n) is 7.01. The minimum absolute atomic E-state index is 0.182. The van der Waals surface area contributed by atoms with Crippen LogP contribution in [0, 0.1) is 19.3 Å². The molecule has 21 heavy (non-hydrogen) atoms. The molecule has 2 N–H and O–H groups in total. The van der Waals surface area contributed by atoms with E-state index < -0.39 is 11.4 Å². The molecule has 0 aromatic carbocycles. The van der Waals surface area contributed by atoms with Gasteiger partial charge in [0.2, 0.25) is 0 Å².